The predicted molar refractivity (Wildman–Crippen MR) is 101 cm³/mol. The minimum Gasteiger partial charge on any atom is -0.449 e. The number of thioether (sulfide) groups is 2. The van der Waals surface area contributed by atoms with Crippen LogP contribution in [0.3, 0.4) is 0 Å². The van der Waals surface area contributed by atoms with E-state index in [2.05, 4.69) is 16.9 Å². The highest BCUT2D eigenvalue weighted by molar-refractivity contribution is 8.38. The zero-order valence-electron chi connectivity index (χ0n) is 13.5. The summed E-state index contributed by atoms with van der Waals surface area (Å²) >= 11 is 3.35. The number of nitrogens with one attached hydrogen (secondary N) is 1. The smallest absolute Gasteiger partial charge is 0.339 e. The van der Waals surface area contributed by atoms with Crippen LogP contribution in [0.2, 0.25) is 0 Å². The second-order valence-electron chi connectivity index (χ2n) is 5.02. The van der Waals surface area contributed by atoms with Crippen molar-refractivity contribution in [2.75, 3.05) is 18.8 Å². The van der Waals surface area contributed by atoms with Gasteiger partial charge in [-0.15, -0.1) is 6.58 Å². The van der Waals surface area contributed by atoms with Crippen LogP contribution in [-0.2, 0) is 15.3 Å². The predicted octanol–water partition coefficient (Wildman–Crippen LogP) is 2.87. The third-order valence-electron chi connectivity index (χ3n) is 3.22. The van der Waals surface area contributed by atoms with E-state index in [1.54, 1.807) is 48.7 Å². The Bertz CT molecular complexity index is 646. The number of carbonyl (C=O) groups excluding carboxylic acids is 2. The van der Waals surface area contributed by atoms with E-state index in [1.165, 1.54) is 0 Å². The van der Waals surface area contributed by atoms with Gasteiger partial charge in [-0.2, -0.15) is 0 Å². The summed E-state index contributed by atoms with van der Waals surface area (Å²) in [5.74, 6) is 0.831. The van der Waals surface area contributed by atoms with Gasteiger partial charge in [-0.3, -0.25) is 9.79 Å². The molecule has 128 valence electrons. The molecule has 1 aromatic rings. The molecule has 0 aromatic heterocycles. The maximum absolute atomic E-state index is 12.4. The van der Waals surface area contributed by atoms with Crippen molar-refractivity contribution in [3.8, 4) is 0 Å². The molecular weight excluding hydrogens is 344 g/mol. The minimum atomic E-state index is -0.854. The molecule has 0 unspecified atom stereocenters. The number of amides is 1. The van der Waals surface area contributed by atoms with Crippen LogP contribution in [0.1, 0.15) is 22.8 Å². The van der Waals surface area contributed by atoms with Crippen molar-refractivity contribution < 1.29 is 14.3 Å². The van der Waals surface area contributed by atoms with Gasteiger partial charge >= 0.3 is 5.97 Å². The number of aliphatic imine (C=N–C) groups is 1. The first kappa shape index (κ1) is 18.6. The topological polar surface area (TPSA) is 67.8 Å². The zero-order chi connectivity index (χ0) is 17.4. The van der Waals surface area contributed by atoms with Crippen molar-refractivity contribution in [2.24, 2.45) is 4.99 Å². The Balaban J connectivity index is 1.98. The molecule has 1 aliphatic heterocycles. The third kappa shape index (κ3) is 5.42. The summed E-state index contributed by atoms with van der Waals surface area (Å²) in [5, 5.41) is 2.61. The number of hydrogen-bond donors (Lipinski definition) is 1. The van der Waals surface area contributed by atoms with Gasteiger partial charge in [-0.25, -0.2) is 4.79 Å². The second kappa shape index (κ2) is 9.54. The van der Waals surface area contributed by atoms with Gasteiger partial charge in [0.2, 0.25) is 0 Å². The fourth-order valence-electron chi connectivity index (χ4n) is 1.98. The van der Waals surface area contributed by atoms with Crippen LogP contribution in [0.5, 0.6) is 0 Å². The fourth-order valence-corrected chi connectivity index (χ4v) is 3.99. The monoisotopic (exact) mass is 364 g/mol. The van der Waals surface area contributed by atoms with Crippen LogP contribution in [0.15, 0.2) is 41.9 Å². The number of nitrogens with zero attached hydrogens (tertiary/aromatic N) is 1. The SMILES string of the molecule is C=CCNC(=O)[C@@H](C)OC(=O)c1ccccc1CSC1=NCCS1. The molecule has 1 aliphatic rings. The van der Waals surface area contributed by atoms with Crippen molar-refractivity contribution in [2.45, 2.75) is 18.8 Å². The second-order valence-corrected chi connectivity index (χ2v) is 7.33. The van der Waals surface area contributed by atoms with E-state index in [1.807, 2.05) is 12.1 Å². The maximum atomic E-state index is 12.4. The standard InChI is InChI=1S/C17H20N2O3S2/c1-3-8-18-15(20)12(2)22-16(21)14-7-5-4-6-13(14)11-24-17-19-9-10-23-17/h3-7,12H,1,8-11H2,2H3,(H,18,20)/t12-/m1/s1. The molecular formula is C17H20N2O3S2. The lowest BCUT2D eigenvalue weighted by molar-refractivity contribution is -0.128. The Hall–Kier alpha value is -1.73. The fraction of sp³-hybridized carbons (Fsp3) is 0.353. The van der Waals surface area contributed by atoms with Crippen molar-refractivity contribution in [3.63, 3.8) is 0 Å². The summed E-state index contributed by atoms with van der Waals surface area (Å²) in [6.45, 7) is 6.28. The van der Waals surface area contributed by atoms with E-state index < -0.39 is 12.1 Å². The first-order valence-electron chi connectivity index (χ1n) is 7.59. The lowest BCUT2D eigenvalue weighted by Gasteiger charge is -2.14. The number of rotatable bonds is 7. The summed E-state index contributed by atoms with van der Waals surface area (Å²) in [5.41, 5.74) is 1.36. The highest BCUT2D eigenvalue weighted by Crippen LogP contribution is 2.26. The normalized spacial score (nSPS) is 14.6. The van der Waals surface area contributed by atoms with Gasteiger partial charge in [-0.1, -0.05) is 47.8 Å². The molecule has 1 atom stereocenters. The largest absolute Gasteiger partial charge is 0.449 e. The number of benzene rings is 1. The number of carbonyl (C=O) groups is 2. The van der Waals surface area contributed by atoms with Gasteiger partial charge in [0.15, 0.2) is 6.10 Å². The molecule has 1 amide bonds. The van der Waals surface area contributed by atoms with Crippen LogP contribution < -0.4 is 5.32 Å². The van der Waals surface area contributed by atoms with Gasteiger partial charge in [-0.05, 0) is 18.6 Å². The molecule has 0 radical (unpaired) electrons. The van der Waals surface area contributed by atoms with Gasteiger partial charge in [0.05, 0.1) is 12.1 Å². The summed E-state index contributed by atoms with van der Waals surface area (Å²) in [6, 6.07) is 7.29. The Morgan fingerprint density at radius 3 is 3.00 bits per heavy atom. The lowest BCUT2D eigenvalue weighted by atomic mass is 10.1. The molecule has 0 spiro atoms. The summed E-state index contributed by atoms with van der Waals surface area (Å²) in [4.78, 5) is 28.6. The van der Waals surface area contributed by atoms with Crippen molar-refractivity contribution in [3.05, 3.63) is 48.0 Å². The lowest BCUT2D eigenvalue weighted by Crippen LogP contribution is -2.36. The Morgan fingerprint density at radius 2 is 2.29 bits per heavy atom. The van der Waals surface area contributed by atoms with E-state index in [-0.39, 0.29) is 5.91 Å². The molecule has 2 rings (SSSR count). The highest BCUT2D eigenvalue weighted by Gasteiger charge is 2.20. The van der Waals surface area contributed by atoms with E-state index in [0.717, 1.165) is 22.2 Å². The first-order chi connectivity index (χ1) is 11.6. The van der Waals surface area contributed by atoms with E-state index in [0.29, 0.717) is 17.9 Å². The van der Waals surface area contributed by atoms with Crippen molar-refractivity contribution >= 4 is 39.8 Å². The molecule has 0 saturated carbocycles. The molecule has 7 heteroatoms. The van der Waals surface area contributed by atoms with Crippen molar-refractivity contribution in [1.29, 1.82) is 0 Å². The summed E-state index contributed by atoms with van der Waals surface area (Å²) in [7, 11) is 0. The molecule has 1 aromatic carbocycles. The van der Waals surface area contributed by atoms with Crippen LogP contribution >= 0.6 is 23.5 Å². The van der Waals surface area contributed by atoms with Crippen LogP contribution in [-0.4, -0.2) is 41.2 Å². The molecule has 5 nitrogen and oxygen atoms in total. The Morgan fingerprint density at radius 1 is 1.50 bits per heavy atom. The molecule has 0 aliphatic carbocycles. The molecule has 1 N–H and O–H groups in total. The van der Waals surface area contributed by atoms with Gasteiger partial charge < -0.3 is 10.1 Å². The Labute approximate surface area is 150 Å². The number of hydrogen-bond acceptors (Lipinski definition) is 6. The third-order valence-corrected chi connectivity index (χ3v) is 5.52. The molecule has 24 heavy (non-hydrogen) atoms. The number of ether oxygens (including phenoxy) is 1. The van der Waals surface area contributed by atoms with Crippen LogP contribution in [0.25, 0.3) is 0 Å². The van der Waals surface area contributed by atoms with Crippen LogP contribution in [0.4, 0.5) is 0 Å². The van der Waals surface area contributed by atoms with Crippen LogP contribution in [0, 0.1) is 0 Å². The van der Waals surface area contributed by atoms with Gasteiger partial charge in [0, 0.05) is 18.1 Å². The molecule has 0 saturated heterocycles. The molecule has 0 bridgehead atoms. The van der Waals surface area contributed by atoms with E-state index >= 15 is 0 Å². The zero-order valence-corrected chi connectivity index (χ0v) is 15.1. The van der Waals surface area contributed by atoms with E-state index in [9.17, 15) is 9.59 Å². The molecule has 1 heterocycles. The van der Waals surface area contributed by atoms with Gasteiger partial charge in [0.1, 0.15) is 4.38 Å². The average Bonchev–Trinajstić information content (AvgIpc) is 3.11. The van der Waals surface area contributed by atoms with Gasteiger partial charge in [0.25, 0.3) is 5.91 Å². The summed E-state index contributed by atoms with van der Waals surface area (Å²) in [6.07, 6.45) is 0.718. The highest BCUT2D eigenvalue weighted by atomic mass is 32.2. The maximum Gasteiger partial charge on any atom is 0.339 e. The average molecular weight is 364 g/mol. The number of esters is 1. The first-order valence-corrected chi connectivity index (χ1v) is 9.56. The van der Waals surface area contributed by atoms with Crippen molar-refractivity contribution in [1.82, 2.24) is 5.32 Å². The molecule has 0 fully saturated rings. The quantitative estimate of drug-likeness (QED) is 0.595. The van der Waals surface area contributed by atoms with E-state index in [4.69, 9.17) is 4.74 Å². The minimum absolute atomic E-state index is 0.341. The summed E-state index contributed by atoms with van der Waals surface area (Å²) < 4.78 is 6.33. The Kier molecular flexibility index (Phi) is 7.39.